The first-order valence-electron chi connectivity index (χ1n) is 0. The zero-order valence-electron chi connectivity index (χ0n) is 2.91. The SMILES string of the molecule is [AlH2].[Cr].[SiH3].[Ti]. The van der Waals surface area contributed by atoms with Gasteiger partial charge in [-0.05, 0) is 11.0 Å². The summed E-state index contributed by atoms with van der Waals surface area (Å²) in [6.45, 7) is 0. The molecule has 0 atom stereocenters. The summed E-state index contributed by atoms with van der Waals surface area (Å²) in [5.41, 5.74) is 0. The van der Waals surface area contributed by atoms with Crippen LogP contribution in [-0.4, -0.2) is 28.3 Å². The van der Waals surface area contributed by atoms with Crippen LogP contribution < -0.4 is 0 Å². The van der Waals surface area contributed by atoms with Crippen molar-refractivity contribution in [1.29, 1.82) is 0 Å². The van der Waals surface area contributed by atoms with E-state index in [4.69, 9.17) is 0 Å². The molecular weight excluding hydrogens is 155 g/mol. The minimum atomic E-state index is 0. The molecule has 22 valence electrons. The molecule has 0 aliphatic rings. The Balaban J connectivity index is 0. The monoisotopic (exact) mass is 160 g/mol. The van der Waals surface area contributed by atoms with Crippen LogP contribution >= 0.6 is 0 Å². The summed E-state index contributed by atoms with van der Waals surface area (Å²) in [7, 11) is 0. The van der Waals surface area contributed by atoms with Crippen molar-refractivity contribution in [3.8, 4) is 0 Å². The largest absolute Gasteiger partial charge is 0.146 e. The topological polar surface area (TPSA) is 0 Å². The predicted octanol–water partition coefficient (Wildman–Crippen LogP) is -2.11. The van der Waals surface area contributed by atoms with E-state index in [1.807, 2.05) is 0 Å². The molecule has 0 unspecified atom stereocenters. The van der Waals surface area contributed by atoms with Gasteiger partial charge in [0, 0.05) is 39.1 Å². The average Bonchev–Trinajstić information content (AvgIpc) is 0. The fourth-order valence-corrected chi connectivity index (χ4v) is 0. The van der Waals surface area contributed by atoms with Gasteiger partial charge in [0.15, 0.2) is 0 Å². The van der Waals surface area contributed by atoms with Gasteiger partial charge >= 0.3 is 0 Å². The molecule has 4 heteroatoms. The van der Waals surface area contributed by atoms with E-state index in [1.54, 1.807) is 0 Å². The Bertz CT molecular complexity index is 8.00. The molecule has 0 spiro atoms. The summed E-state index contributed by atoms with van der Waals surface area (Å²) in [6.07, 6.45) is 0. The van der Waals surface area contributed by atoms with Crippen LogP contribution in [0.2, 0.25) is 0 Å². The number of hydrogen-bond acceptors (Lipinski definition) is 0. The van der Waals surface area contributed by atoms with Gasteiger partial charge in [0.1, 0.15) is 17.4 Å². The minimum absolute atomic E-state index is 0. The van der Waals surface area contributed by atoms with Crippen LogP contribution in [0, 0.1) is 0 Å². The maximum Gasteiger partial charge on any atom is 0.146 e. The van der Waals surface area contributed by atoms with Crippen molar-refractivity contribution in [2.75, 3.05) is 0 Å². The van der Waals surface area contributed by atoms with Gasteiger partial charge in [-0.15, -0.1) is 0 Å². The van der Waals surface area contributed by atoms with Crippen LogP contribution in [0.3, 0.4) is 0 Å². The molecule has 0 aromatic carbocycles. The Labute approximate surface area is 66.9 Å². The fourth-order valence-electron chi connectivity index (χ4n) is 0. The van der Waals surface area contributed by atoms with Gasteiger partial charge < -0.3 is 0 Å². The van der Waals surface area contributed by atoms with Crippen molar-refractivity contribution in [3.05, 3.63) is 0 Å². The summed E-state index contributed by atoms with van der Waals surface area (Å²) in [5.74, 6) is 0. The van der Waals surface area contributed by atoms with Crippen LogP contribution in [0.4, 0.5) is 0 Å². The normalized spacial score (nSPS) is 0. The summed E-state index contributed by atoms with van der Waals surface area (Å²) >= 11 is 0. The second-order valence-electron chi connectivity index (χ2n) is 0. The van der Waals surface area contributed by atoms with E-state index in [9.17, 15) is 0 Å². The quantitative estimate of drug-likeness (QED) is 0.356. The first-order valence-corrected chi connectivity index (χ1v) is 0. The summed E-state index contributed by atoms with van der Waals surface area (Å²) < 4.78 is 0. The van der Waals surface area contributed by atoms with E-state index in [0.29, 0.717) is 0 Å². The molecule has 0 amide bonds. The Morgan fingerprint density at radius 2 is 1.00 bits per heavy atom. The molecule has 0 saturated heterocycles. The summed E-state index contributed by atoms with van der Waals surface area (Å²) in [6, 6.07) is 0. The van der Waals surface area contributed by atoms with Crippen LogP contribution in [0.15, 0.2) is 0 Å². The zero-order valence-corrected chi connectivity index (χ0v) is 9.74. The molecule has 0 saturated carbocycles. The van der Waals surface area contributed by atoms with Crippen molar-refractivity contribution in [3.63, 3.8) is 0 Å². The Morgan fingerprint density at radius 3 is 1.00 bits per heavy atom. The summed E-state index contributed by atoms with van der Waals surface area (Å²) in [5, 5.41) is 0. The smallest absolute Gasteiger partial charge is 0.0125 e. The molecule has 0 aromatic heterocycles. The van der Waals surface area contributed by atoms with E-state index < -0.39 is 0 Å². The predicted molar refractivity (Wildman–Crippen MR) is 18.5 cm³/mol. The molecule has 0 N–H and O–H groups in total. The third kappa shape index (κ3) is 9.00. The molecule has 2 radical (unpaired) electrons. The average molecular weight is 160 g/mol. The van der Waals surface area contributed by atoms with Gasteiger partial charge in [0.25, 0.3) is 0 Å². The molecule has 0 bridgehead atoms. The number of rotatable bonds is 0. The first kappa shape index (κ1) is 37.6. The minimum Gasteiger partial charge on any atom is -0.0125 e. The van der Waals surface area contributed by atoms with Gasteiger partial charge in [-0.2, -0.15) is 0 Å². The Hall–Kier alpha value is 2.00. The van der Waals surface area contributed by atoms with E-state index in [1.165, 1.54) is 0 Å². The molecule has 0 aromatic rings. The molecule has 0 aliphatic heterocycles. The maximum absolute atomic E-state index is 0. The van der Waals surface area contributed by atoms with Crippen LogP contribution in [0.25, 0.3) is 0 Å². The third-order valence-corrected chi connectivity index (χ3v) is 0. The van der Waals surface area contributed by atoms with Crippen molar-refractivity contribution in [2.45, 2.75) is 0 Å². The first-order chi connectivity index (χ1) is 0. The number of hydrogen-bond donors (Lipinski definition) is 0. The second-order valence-corrected chi connectivity index (χ2v) is 0. The van der Waals surface area contributed by atoms with Gasteiger partial charge in [0.2, 0.25) is 0 Å². The third-order valence-electron chi connectivity index (χ3n) is 0. The molecule has 0 nitrogen and oxygen atoms in total. The molecule has 0 heterocycles. The van der Waals surface area contributed by atoms with Gasteiger partial charge in [-0.1, -0.05) is 0 Å². The van der Waals surface area contributed by atoms with Crippen molar-refractivity contribution >= 4 is 28.3 Å². The van der Waals surface area contributed by atoms with Crippen LogP contribution in [0.5, 0.6) is 0 Å². The molecule has 0 rings (SSSR count). The Morgan fingerprint density at radius 1 is 1.00 bits per heavy atom. The standard InChI is InChI=1S/Al.Cr.H3Si.Ti.2H/h;;1H3;;;. The Kier molecular flexibility index (Phi) is 188. The molecule has 4 heavy (non-hydrogen) atoms. The molecule has 0 fully saturated rings. The van der Waals surface area contributed by atoms with Crippen molar-refractivity contribution < 1.29 is 39.1 Å². The fraction of sp³-hybridized carbons (Fsp3) is 0. The van der Waals surface area contributed by atoms with E-state index in [2.05, 4.69) is 0 Å². The zero-order chi connectivity index (χ0) is 0. The molecular formula is H5AlCrSiTi. The summed E-state index contributed by atoms with van der Waals surface area (Å²) in [4.78, 5) is 0. The van der Waals surface area contributed by atoms with E-state index in [0.717, 1.165) is 0 Å². The maximum atomic E-state index is 0. The van der Waals surface area contributed by atoms with Gasteiger partial charge in [0.05, 0.1) is 0 Å². The second kappa shape index (κ2) is 20.0. The van der Waals surface area contributed by atoms with E-state index >= 15 is 0 Å². The van der Waals surface area contributed by atoms with E-state index in [-0.39, 0.29) is 67.4 Å². The van der Waals surface area contributed by atoms with Crippen LogP contribution in [-0.2, 0) is 39.1 Å². The van der Waals surface area contributed by atoms with Gasteiger partial charge in [-0.3, -0.25) is 0 Å². The van der Waals surface area contributed by atoms with Crippen molar-refractivity contribution in [1.82, 2.24) is 0 Å². The van der Waals surface area contributed by atoms with Crippen LogP contribution in [0.1, 0.15) is 0 Å². The van der Waals surface area contributed by atoms with Crippen molar-refractivity contribution in [2.24, 2.45) is 0 Å². The molecule has 0 aliphatic carbocycles. The van der Waals surface area contributed by atoms with Gasteiger partial charge in [-0.25, -0.2) is 0 Å².